The van der Waals surface area contributed by atoms with E-state index in [9.17, 15) is 4.79 Å². The third-order valence-corrected chi connectivity index (χ3v) is 3.13. The normalized spacial score (nSPS) is 13.4. The van der Waals surface area contributed by atoms with Gasteiger partial charge in [-0.15, -0.1) is 0 Å². The van der Waals surface area contributed by atoms with Gasteiger partial charge in [-0.3, -0.25) is 9.69 Å². The Bertz CT molecular complexity index is 209. The molecule has 1 atom stereocenters. The van der Waals surface area contributed by atoms with Crippen molar-refractivity contribution in [2.75, 3.05) is 40.3 Å². The zero-order valence-electron chi connectivity index (χ0n) is 11.9. The van der Waals surface area contributed by atoms with Crippen LogP contribution in [-0.4, -0.2) is 61.9 Å². The lowest BCUT2D eigenvalue weighted by Gasteiger charge is -2.17. The van der Waals surface area contributed by atoms with Gasteiger partial charge in [0.2, 0.25) is 0 Å². The van der Waals surface area contributed by atoms with Crippen molar-refractivity contribution in [3.05, 3.63) is 0 Å². The number of carbonyl (C=O) groups excluding carboxylic acids is 1. The first-order chi connectivity index (χ1) is 7.99. The highest BCUT2D eigenvalue weighted by Gasteiger charge is 2.11. The zero-order valence-corrected chi connectivity index (χ0v) is 11.9. The number of hydrogen-bond acceptors (Lipinski definition) is 4. The molecule has 0 aliphatic rings. The molecule has 0 fully saturated rings. The van der Waals surface area contributed by atoms with E-state index in [1.165, 1.54) is 0 Å². The molecule has 0 radical (unpaired) electrons. The fourth-order valence-electron chi connectivity index (χ4n) is 1.65. The quantitative estimate of drug-likeness (QED) is 0.621. The first-order valence-corrected chi connectivity index (χ1v) is 6.63. The third-order valence-electron chi connectivity index (χ3n) is 3.13. The monoisotopic (exact) mass is 243 g/mol. The van der Waals surface area contributed by atoms with Crippen LogP contribution in [0, 0.1) is 0 Å². The van der Waals surface area contributed by atoms with E-state index >= 15 is 0 Å². The van der Waals surface area contributed by atoms with Gasteiger partial charge in [-0.1, -0.05) is 13.8 Å². The van der Waals surface area contributed by atoms with Crippen molar-refractivity contribution in [3.63, 3.8) is 0 Å². The van der Waals surface area contributed by atoms with Gasteiger partial charge in [-0.05, 0) is 46.6 Å². The van der Waals surface area contributed by atoms with Crippen molar-refractivity contribution in [2.24, 2.45) is 5.73 Å². The number of rotatable bonds is 10. The predicted octanol–water partition coefficient (Wildman–Crippen LogP) is 0.957. The summed E-state index contributed by atoms with van der Waals surface area (Å²) in [5, 5.41) is 0. The maximum atomic E-state index is 11.6. The molecule has 0 aromatic rings. The molecule has 102 valence electrons. The molecule has 17 heavy (non-hydrogen) atoms. The van der Waals surface area contributed by atoms with Crippen molar-refractivity contribution in [2.45, 2.75) is 39.2 Å². The SMILES string of the molecule is CCN(C)CCCC(N)CC(=O)CN(C)CC. The molecule has 0 saturated carbocycles. The van der Waals surface area contributed by atoms with Gasteiger partial charge >= 0.3 is 0 Å². The van der Waals surface area contributed by atoms with Gasteiger partial charge < -0.3 is 10.6 Å². The smallest absolute Gasteiger partial charge is 0.148 e. The number of hydrogen-bond donors (Lipinski definition) is 1. The summed E-state index contributed by atoms with van der Waals surface area (Å²) in [5.74, 6) is 0.255. The molecule has 4 heteroatoms. The predicted molar refractivity (Wildman–Crippen MR) is 73.2 cm³/mol. The average Bonchev–Trinajstić information content (AvgIpc) is 2.28. The lowest BCUT2D eigenvalue weighted by molar-refractivity contribution is -0.120. The highest BCUT2D eigenvalue weighted by Crippen LogP contribution is 2.02. The van der Waals surface area contributed by atoms with Crippen LogP contribution in [0.2, 0.25) is 0 Å². The summed E-state index contributed by atoms with van der Waals surface area (Å²) >= 11 is 0. The average molecular weight is 243 g/mol. The maximum absolute atomic E-state index is 11.6. The number of carbonyl (C=O) groups is 1. The fraction of sp³-hybridized carbons (Fsp3) is 0.923. The molecular weight excluding hydrogens is 214 g/mol. The summed E-state index contributed by atoms with van der Waals surface area (Å²) in [6, 6.07) is 0.0259. The second-order valence-corrected chi connectivity index (χ2v) is 4.87. The van der Waals surface area contributed by atoms with E-state index in [1.807, 2.05) is 18.9 Å². The molecule has 2 N–H and O–H groups in total. The first-order valence-electron chi connectivity index (χ1n) is 6.63. The molecule has 0 rings (SSSR count). The molecule has 0 bridgehead atoms. The summed E-state index contributed by atoms with van der Waals surface area (Å²) in [7, 11) is 4.06. The highest BCUT2D eigenvalue weighted by molar-refractivity contribution is 5.80. The van der Waals surface area contributed by atoms with E-state index < -0.39 is 0 Å². The molecule has 1 unspecified atom stereocenters. The first kappa shape index (κ1) is 16.6. The largest absolute Gasteiger partial charge is 0.327 e. The van der Waals surface area contributed by atoms with Crippen molar-refractivity contribution >= 4 is 5.78 Å². The molecule has 0 saturated heterocycles. The minimum absolute atomic E-state index is 0.0259. The molecule has 0 aromatic heterocycles. The summed E-state index contributed by atoms with van der Waals surface area (Å²) in [4.78, 5) is 15.9. The van der Waals surface area contributed by atoms with Crippen LogP contribution in [0.1, 0.15) is 33.1 Å². The third kappa shape index (κ3) is 9.27. The maximum Gasteiger partial charge on any atom is 0.148 e. The number of Topliss-reactive ketones (excluding diaryl/α,β-unsaturated/α-hetero) is 1. The van der Waals surface area contributed by atoms with Crippen molar-refractivity contribution in [1.29, 1.82) is 0 Å². The Balaban J connectivity index is 3.64. The van der Waals surface area contributed by atoms with E-state index in [0.29, 0.717) is 13.0 Å². The molecule has 0 aromatic carbocycles. The van der Waals surface area contributed by atoms with Crippen molar-refractivity contribution in [3.8, 4) is 0 Å². The van der Waals surface area contributed by atoms with Gasteiger partial charge in [0.1, 0.15) is 5.78 Å². The number of ketones is 1. The van der Waals surface area contributed by atoms with Crippen LogP contribution >= 0.6 is 0 Å². The van der Waals surface area contributed by atoms with Crippen LogP contribution in [0.15, 0.2) is 0 Å². The van der Waals surface area contributed by atoms with Crippen LogP contribution in [0.5, 0.6) is 0 Å². The highest BCUT2D eigenvalue weighted by atomic mass is 16.1. The van der Waals surface area contributed by atoms with Crippen LogP contribution < -0.4 is 5.73 Å². The summed E-state index contributed by atoms with van der Waals surface area (Å²) < 4.78 is 0. The Morgan fingerprint density at radius 2 is 1.76 bits per heavy atom. The molecule has 0 aliphatic carbocycles. The molecule has 0 aliphatic heterocycles. The minimum Gasteiger partial charge on any atom is -0.327 e. The second-order valence-electron chi connectivity index (χ2n) is 4.87. The van der Waals surface area contributed by atoms with Crippen molar-refractivity contribution in [1.82, 2.24) is 9.80 Å². The van der Waals surface area contributed by atoms with Crippen LogP contribution in [0.25, 0.3) is 0 Å². The van der Waals surface area contributed by atoms with Crippen LogP contribution in [0.3, 0.4) is 0 Å². The van der Waals surface area contributed by atoms with E-state index in [1.54, 1.807) is 0 Å². The minimum atomic E-state index is 0.0259. The molecule has 4 nitrogen and oxygen atoms in total. The van der Waals surface area contributed by atoms with Gasteiger partial charge in [0.15, 0.2) is 0 Å². The Morgan fingerprint density at radius 3 is 2.29 bits per heavy atom. The topological polar surface area (TPSA) is 49.6 Å². The number of nitrogens with two attached hydrogens (primary N) is 1. The number of likely N-dealkylation sites (N-methyl/N-ethyl adjacent to an activating group) is 1. The lowest BCUT2D eigenvalue weighted by Crippen LogP contribution is -2.31. The standard InChI is InChI=1S/C13H29N3O/c1-5-15(3)9-7-8-12(14)10-13(17)11-16(4)6-2/h12H,5-11,14H2,1-4H3. The summed E-state index contributed by atoms with van der Waals surface area (Å²) in [5.41, 5.74) is 5.96. The Morgan fingerprint density at radius 1 is 1.18 bits per heavy atom. The van der Waals surface area contributed by atoms with E-state index in [0.717, 1.165) is 32.5 Å². The zero-order chi connectivity index (χ0) is 13.3. The van der Waals surface area contributed by atoms with Gasteiger partial charge in [0.05, 0.1) is 6.54 Å². The second kappa shape index (κ2) is 9.57. The Kier molecular flexibility index (Phi) is 9.31. The summed E-state index contributed by atoms with van der Waals surface area (Å²) in [6.45, 7) is 7.75. The molecule has 0 spiro atoms. The van der Waals surface area contributed by atoms with E-state index in [4.69, 9.17) is 5.73 Å². The lowest BCUT2D eigenvalue weighted by atomic mass is 10.1. The van der Waals surface area contributed by atoms with Gasteiger partial charge in [-0.2, -0.15) is 0 Å². The molecule has 0 amide bonds. The Hall–Kier alpha value is -0.450. The Labute approximate surface area is 106 Å². The van der Waals surface area contributed by atoms with E-state index in [-0.39, 0.29) is 11.8 Å². The molecule has 0 heterocycles. The van der Waals surface area contributed by atoms with Gasteiger partial charge in [-0.25, -0.2) is 0 Å². The number of nitrogens with zero attached hydrogens (tertiary/aromatic N) is 2. The molecular formula is C13H29N3O. The van der Waals surface area contributed by atoms with Crippen LogP contribution in [-0.2, 0) is 4.79 Å². The van der Waals surface area contributed by atoms with Gasteiger partial charge in [0.25, 0.3) is 0 Å². The fourth-order valence-corrected chi connectivity index (χ4v) is 1.65. The van der Waals surface area contributed by atoms with Crippen LogP contribution in [0.4, 0.5) is 0 Å². The van der Waals surface area contributed by atoms with E-state index in [2.05, 4.69) is 18.9 Å². The van der Waals surface area contributed by atoms with Gasteiger partial charge in [0, 0.05) is 12.5 Å². The van der Waals surface area contributed by atoms with Crippen molar-refractivity contribution < 1.29 is 4.79 Å². The summed E-state index contributed by atoms with van der Waals surface area (Å²) in [6.07, 6.45) is 2.52.